The summed E-state index contributed by atoms with van der Waals surface area (Å²) in [5, 5.41) is 15.0. The van der Waals surface area contributed by atoms with Gasteiger partial charge in [-0.05, 0) is 12.8 Å². The summed E-state index contributed by atoms with van der Waals surface area (Å²) in [6.07, 6.45) is 4.63. The third-order valence-corrected chi connectivity index (χ3v) is 2.98. The fraction of sp³-hybridized carbons (Fsp3) is 0.667. The van der Waals surface area contributed by atoms with E-state index in [1.165, 1.54) is 10.9 Å². The Morgan fingerprint density at radius 1 is 1.53 bits per heavy atom. The monoisotopic (exact) mass is 211 g/mol. The van der Waals surface area contributed by atoms with Crippen molar-refractivity contribution in [2.24, 2.45) is 5.92 Å². The van der Waals surface area contributed by atoms with Gasteiger partial charge in [0.15, 0.2) is 0 Å². The zero-order chi connectivity index (χ0) is 10.8. The van der Waals surface area contributed by atoms with Gasteiger partial charge < -0.3 is 5.11 Å². The summed E-state index contributed by atoms with van der Waals surface area (Å²) in [6.45, 7) is 0. The fourth-order valence-corrected chi connectivity index (χ4v) is 2.23. The van der Waals surface area contributed by atoms with E-state index in [2.05, 4.69) is 10.2 Å². The van der Waals surface area contributed by atoms with E-state index in [9.17, 15) is 9.59 Å². The maximum atomic E-state index is 11.3. The van der Waals surface area contributed by atoms with Crippen LogP contribution < -0.4 is 5.69 Å². The van der Waals surface area contributed by atoms with E-state index < -0.39 is 11.9 Å². The van der Waals surface area contributed by atoms with Gasteiger partial charge in [-0.3, -0.25) is 9.36 Å². The smallest absolute Gasteiger partial charge is 0.343 e. The van der Waals surface area contributed by atoms with Gasteiger partial charge in [0.1, 0.15) is 6.33 Å². The van der Waals surface area contributed by atoms with E-state index in [1.807, 2.05) is 0 Å². The fourth-order valence-electron chi connectivity index (χ4n) is 2.23. The molecule has 1 fully saturated rings. The van der Waals surface area contributed by atoms with Crippen LogP contribution in [0.3, 0.4) is 0 Å². The number of H-pyrrole nitrogens is 1. The Kier molecular flexibility index (Phi) is 2.57. The van der Waals surface area contributed by atoms with Crippen molar-refractivity contribution in [2.75, 3.05) is 0 Å². The Hall–Kier alpha value is -1.59. The first-order valence-corrected chi connectivity index (χ1v) is 5.04. The Morgan fingerprint density at radius 2 is 2.27 bits per heavy atom. The van der Waals surface area contributed by atoms with Crippen molar-refractivity contribution in [1.29, 1.82) is 0 Å². The molecule has 2 rings (SSSR count). The minimum absolute atomic E-state index is 0.248. The van der Waals surface area contributed by atoms with Gasteiger partial charge in [0.2, 0.25) is 0 Å². The molecule has 1 heterocycles. The molecule has 0 spiro atoms. The second-order valence-corrected chi connectivity index (χ2v) is 3.87. The molecule has 0 aromatic carbocycles. The van der Waals surface area contributed by atoms with Crippen LogP contribution in [-0.2, 0) is 4.79 Å². The van der Waals surface area contributed by atoms with Gasteiger partial charge in [0, 0.05) is 0 Å². The third kappa shape index (κ3) is 1.79. The standard InChI is InChI=1S/C9H13N3O3/c13-8(14)6-3-1-2-4-7(6)12-5-10-11-9(12)15/h5-7H,1-4H2,(H,11,15)(H,13,14). The number of carboxylic acid groups (broad SMARTS) is 1. The summed E-state index contributed by atoms with van der Waals surface area (Å²) in [4.78, 5) is 22.4. The van der Waals surface area contributed by atoms with Crippen LogP contribution in [0.5, 0.6) is 0 Å². The van der Waals surface area contributed by atoms with E-state index in [4.69, 9.17) is 5.11 Å². The first-order chi connectivity index (χ1) is 7.20. The molecule has 0 aliphatic heterocycles. The number of rotatable bonds is 2. The number of nitrogens with one attached hydrogen (secondary N) is 1. The molecule has 2 unspecified atom stereocenters. The molecule has 1 aliphatic carbocycles. The first-order valence-electron chi connectivity index (χ1n) is 5.04. The molecule has 1 aromatic rings. The van der Waals surface area contributed by atoms with Gasteiger partial charge in [-0.2, -0.15) is 5.10 Å². The Labute approximate surface area is 85.9 Å². The molecule has 6 nitrogen and oxygen atoms in total. The lowest BCUT2D eigenvalue weighted by molar-refractivity contribution is -0.144. The lowest BCUT2D eigenvalue weighted by Gasteiger charge is -2.28. The first kappa shape index (κ1) is 9.95. The summed E-state index contributed by atoms with van der Waals surface area (Å²) in [7, 11) is 0. The van der Waals surface area contributed by atoms with Crippen molar-refractivity contribution in [3.63, 3.8) is 0 Å². The van der Waals surface area contributed by atoms with Gasteiger partial charge >= 0.3 is 11.7 Å². The molecule has 2 atom stereocenters. The molecule has 1 aliphatic rings. The van der Waals surface area contributed by atoms with Crippen LogP contribution in [0.1, 0.15) is 31.7 Å². The average Bonchev–Trinajstić information content (AvgIpc) is 2.64. The van der Waals surface area contributed by atoms with Crippen molar-refractivity contribution >= 4 is 5.97 Å². The number of nitrogens with zero attached hydrogens (tertiary/aromatic N) is 2. The number of aliphatic carboxylic acids is 1. The number of hydrogen-bond acceptors (Lipinski definition) is 3. The van der Waals surface area contributed by atoms with Crippen LogP contribution in [0.25, 0.3) is 0 Å². The SMILES string of the molecule is O=C(O)C1CCCCC1n1cn[nH]c1=O. The molecule has 2 N–H and O–H groups in total. The maximum absolute atomic E-state index is 11.3. The van der Waals surface area contributed by atoms with Gasteiger partial charge in [-0.1, -0.05) is 12.8 Å². The summed E-state index contributed by atoms with van der Waals surface area (Å²) in [5.41, 5.74) is -0.326. The molecule has 6 heteroatoms. The molecule has 0 bridgehead atoms. The van der Waals surface area contributed by atoms with Gasteiger partial charge in [-0.25, -0.2) is 9.89 Å². The summed E-state index contributed by atoms with van der Waals surface area (Å²) in [5.74, 6) is -1.29. The highest BCUT2D eigenvalue weighted by Gasteiger charge is 2.32. The summed E-state index contributed by atoms with van der Waals surface area (Å²) < 4.78 is 1.40. The van der Waals surface area contributed by atoms with Crippen LogP contribution in [-0.4, -0.2) is 25.8 Å². The van der Waals surface area contributed by atoms with E-state index in [0.717, 1.165) is 19.3 Å². The Morgan fingerprint density at radius 3 is 2.87 bits per heavy atom. The zero-order valence-corrected chi connectivity index (χ0v) is 8.22. The lowest BCUT2D eigenvalue weighted by Crippen LogP contribution is -2.33. The molecular weight excluding hydrogens is 198 g/mol. The van der Waals surface area contributed by atoms with E-state index >= 15 is 0 Å². The normalized spacial score (nSPS) is 26.4. The third-order valence-electron chi connectivity index (χ3n) is 2.98. The van der Waals surface area contributed by atoms with Crippen LogP contribution in [0.4, 0.5) is 0 Å². The van der Waals surface area contributed by atoms with Crippen molar-refractivity contribution in [1.82, 2.24) is 14.8 Å². The largest absolute Gasteiger partial charge is 0.481 e. The van der Waals surface area contributed by atoms with Crippen molar-refractivity contribution in [2.45, 2.75) is 31.7 Å². The Balaban J connectivity index is 2.29. The Bertz CT molecular complexity index is 409. The summed E-state index contributed by atoms with van der Waals surface area (Å²) in [6, 6.07) is -0.248. The van der Waals surface area contributed by atoms with Crippen LogP contribution in [0, 0.1) is 5.92 Å². The van der Waals surface area contributed by atoms with Gasteiger partial charge in [0.05, 0.1) is 12.0 Å². The molecule has 0 radical (unpaired) electrons. The quantitative estimate of drug-likeness (QED) is 0.740. The zero-order valence-electron chi connectivity index (χ0n) is 8.22. The lowest BCUT2D eigenvalue weighted by atomic mass is 9.84. The highest BCUT2D eigenvalue weighted by Crippen LogP contribution is 2.32. The highest BCUT2D eigenvalue weighted by atomic mass is 16.4. The molecule has 15 heavy (non-hydrogen) atoms. The molecule has 82 valence electrons. The van der Waals surface area contributed by atoms with Crippen LogP contribution in [0.2, 0.25) is 0 Å². The predicted octanol–water partition coefficient (Wildman–Crippen LogP) is 0.387. The van der Waals surface area contributed by atoms with E-state index in [-0.39, 0.29) is 11.7 Å². The minimum atomic E-state index is -0.826. The maximum Gasteiger partial charge on any atom is 0.343 e. The number of hydrogen-bond donors (Lipinski definition) is 2. The summed E-state index contributed by atoms with van der Waals surface area (Å²) >= 11 is 0. The van der Waals surface area contributed by atoms with Gasteiger partial charge in [-0.15, -0.1) is 0 Å². The number of aromatic amines is 1. The number of aromatic nitrogens is 3. The average molecular weight is 211 g/mol. The minimum Gasteiger partial charge on any atom is -0.481 e. The second kappa shape index (κ2) is 3.88. The highest BCUT2D eigenvalue weighted by molar-refractivity contribution is 5.70. The molecule has 0 amide bonds. The van der Waals surface area contributed by atoms with Crippen molar-refractivity contribution < 1.29 is 9.90 Å². The molecule has 1 aromatic heterocycles. The molecule has 0 saturated heterocycles. The number of carboxylic acids is 1. The van der Waals surface area contributed by atoms with E-state index in [0.29, 0.717) is 6.42 Å². The topological polar surface area (TPSA) is 88.0 Å². The molecule has 1 saturated carbocycles. The van der Waals surface area contributed by atoms with Crippen molar-refractivity contribution in [3.05, 3.63) is 16.8 Å². The van der Waals surface area contributed by atoms with Crippen LogP contribution >= 0.6 is 0 Å². The number of carbonyl (C=O) groups is 1. The van der Waals surface area contributed by atoms with E-state index in [1.54, 1.807) is 0 Å². The van der Waals surface area contributed by atoms with Crippen LogP contribution in [0.15, 0.2) is 11.1 Å². The van der Waals surface area contributed by atoms with Gasteiger partial charge in [0.25, 0.3) is 0 Å². The van der Waals surface area contributed by atoms with Crippen molar-refractivity contribution in [3.8, 4) is 0 Å². The second-order valence-electron chi connectivity index (χ2n) is 3.87. The predicted molar refractivity (Wildman–Crippen MR) is 51.5 cm³/mol. The molecular formula is C9H13N3O3.